The number of alkyl halides is 3. The van der Waals surface area contributed by atoms with Gasteiger partial charge in [-0.1, -0.05) is 6.92 Å². The van der Waals surface area contributed by atoms with Gasteiger partial charge in [0.15, 0.2) is 0 Å². The van der Waals surface area contributed by atoms with Crippen molar-refractivity contribution in [3.63, 3.8) is 0 Å². The fraction of sp³-hybridized carbons (Fsp3) is 0.690. The van der Waals surface area contributed by atoms with Crippen LogP contribution in [0.5, 0.6) is 6.01 Å². The molecule has 0 saturated carbocycles. The molecule has 2 unspecified atom stereocenters. The quantitative estimate of drug-likeness (QED) is 0.547. The molecule has 3 saturated heterocycles. The van der Waals surface area contributed by atoms with Crippen LogP contribution in [0.3, 0.4) is 0 Å². The highest BCUT2D eigenvalue weighted by atomic mass is 19.4. The van der Waals surface area contributed by atoms with E-state index in [2.05, 4.69) is 27.1 Å². The summed E-state index contributed by atoms with van der Waals surface area (Å²) < 4.78 is 49.1. The number of nitrogens with zero attached hydrogens (tertiary/aromatic N) is 5. The molecule has 11 heteroatoms. The predicted molar refractivity (Wildman–Crippen MR) is 148 cm³/mol. The monoisotopic (exact) mass is 559 g/mol. The second-order valence-electron chi connectivity index (χ2n) is 12.3. The average Bonchev–Trinajstić information content (AvgIpc) is 3.63. The number of nitrogen functional groups attached to an aromatic ring is 1. The van der Waals surface area contributed by atoms with Gasteiger partial charge in [-0.15, -0.1) is 0 Å². The van der Waals surface area contributed by atoms with E-state index < -0.39 is 17.7 Å². The molecule has 0 spiro atoms. The molecule has 8 nitrogen and oxygen atoms in total. The van der Waals surface area contributed by atoms with Crippen LogP contribution >= 0.6 is 0 Å². The summed E-state index contributed by atoms with van der Waals surface area (Å²) in [5.41, 5.74) is 7.22. The first-order chi connectivity index (χ1) is 19.1. The average molecular weight is 560 g/mol. The number of nitrogens with one attached hydrogen (secondary N) is 1. The van der Waals surface area contributed by atoms with Gasteiger partial charge in [-0.2, -0.15) is 23.1 Å². The largest absolute Gasteiger partial charge is 0.461 e. The van der Waals surface area contributed by atoms with Crippen LogP contribution in [0.1, 0.15) is 73.0 Å². The maximum absolute atomic E-state index is 14.2. The summed E-state index contributed by atoms with van der Waals surface area (Å²) in [5, 5.41) is 3.42. The molecule has 0 aromatic carbocycles. The maximum Gasteiger partial charge on any atom is 0.418 e. The van der Waals surface area contributed by atoms with Gasteiger partial charge in [-0.3, -0.25) is 4.90 Å². The first-order valence-corrected chi connectivity index (χ1v) is 14.6. The van der Waals surface area contributed by atoms with Gasteiger partial charge in [-0.25, -0.2) is 4.98 Å². The molecule has 4 aliphatic rings. The van der Waals surface area contributed by atoms with Crippen LogP contribution in [-0.4, -0.2) is 71.3 Å². The highest BCUT2D eigenvalue weighted by Crippen LogP contribution is 2.45. The van der Waals surface area contributed by atoms with E-state index in [9.17, 15) is 13.2 Å². The van der Waals surface area contributed by atoms with Crippen LogP contribution < -0.4 is 20.7 Å². The van der Waals surface area contributed by atoms with E-state index >= 15 is 0 Å². The van der Waals surface area contributed by atoms with Crippen molar-refractivity contribution in [2.24, 2.45) is 5.92 Å². The number of anilines is 2. The van der Waals surface area contributed by atoms with Crippen LogP contribution in [0, 0.1) is 12.8 Å². The van der Waals surface area contributed by atoms with E-state index in [1.807, 2.05) is 6.92 Å². The summed E-state index contributed by atoms with van der Waals surface area (Å²) in [7, 11) is 2.06. The molecule has 3 aliphatic heterocycles. The fourth-order valence-electron chi connectivity index (χ4n) is 7.63. The molecule has 1 aliphatic carbocycles. The van der Waals surface area contributed by atoms with Crippen molar-refractivity contribution < 1.29 is 17.9 Å². The highest BCUT2D eigenvalue weighted by Gasteiger charge is 2.45. The lowest BCUT2D eigenvalue weighted by molar-refractivity contribution is -0.139. The van der Waals surface area contributed by atoms with Crippen LogP contribution in [0.4, 0.5) is 24.8 Å². The second kappa shape index (κ2) is 10.3. The Kier molecular flexibility index (Phi) is 7.09. The Morgan fingerprint density at radius 3 is 2.60 bits per heavy atom. The Morgan fingerprint density at radius 1 is 1.18 bits per heavy atom. The van der Waals surface area contributed by atoms with Crippen LogP contribution in [0.2, 0.25) is 0 Å². The van der Waals surface area contributed by atoms with Gasteiger partial charge in [0.25, 0.3) is 0 Å². The van der Waals surface area contributed by atoms with E-state index in [1.54, 1.807) is 0 Å². The molecule has 2 aromatic heterocycles. The number of likely N-dealkylation sites (N-methyl/N-ethyl adjacent to an activating group) is 1. The Labute approximate surface area is 233 Å². The number of fused-ring (bicyclic) bond motifs is 2. The number of hydrogen-bond donors (Lipinski definition) is 2. The third kappa shape index (κ3) is 4.89. The minimum absolute atomic E-state index is 0.0190. The number of nitrogens with two attached hydrogens (primary N) is 1. The van der Waals surface area contributed by atoms with Gasteiger partial charge >= 0.3 is 12.2 Å². The highest BCUT2D eigenvalue weighted by molar-refractivity contribution is 5.53. The number of rotatable bonds is 6. The van der Waals surface area contributed by atoms with Crippen LogP contribution in [-0.2, 0) is 19.0 Å². The molecule has 0 amide bonds. The SMILES string of the molecule is Cc1cc(N)nc(C2Cc3nc(OCC45CCCN4CCC5)nc(N(C)[C@@H]4CCNC4)c3CC2C)c1C(F)(F)F. The minimum atomic E-state index is -4.52. The summed E-state index contributed by atoms with van der Waals surface area (Å²) in [6.45, 7) is 8.00. The molecule has 3 fully saturated rings. The van der Waals surface area contributed by atoms with Crippen molar-refractivity contribution in [3.05, 3.63) is 34.1 Å². The Morgan fingerprint density at radius 2 is 1.93 bits per heavy atom. The number of hydrogen-bond acceptors (Lipinski definition) is 8. The lowest BCUT2D eigenvalue weighted by atomic mass is 9.75. The van der Waals surface area contributed by atoms with E-state index in [1.165, 1.54) is 25.8 Å². The lowest BCUT2D eigenvalue weighted by Crippen LogP contribution is -2.43. The first kappa shape index (κ1) is 27.5. The number of halogens is 3. The molecule has 0 bridgehead atoms. The van der Waals surface area contributed by atoms with Gasteiger partial charge in [0, 0.05) is 31.1 Å². The van der Waals surface area contributed by atoms with Crippen LogP contribution in [0.15, 0.2) is 6.07 Å². The topological polar surface area (TPSA) is 92.4 Å². The van der Waals surface area contributed by atoms with E-state index in [4.69, 9.17) is 20.4 Å². The maximum atomic E-state index is 14.2. The van der Waals surface area contributed by atoms with Crippen molar-refractivity contribution in [1.82, 2.24) is 25.2 Å². The van der Waals surface area contributed by atoms with Crippen molar-refractivity contribution >= 4 is 11.6 Å². The van der Waals surface area contributed by atoms with Crippen LogP contribution in [0.25, 0.3) is 0 Å². The second-order valence-corrected chi connectivity index (χ2v) is 12.3. The molecule has 3 N–H and O–H groups in total. The van der Waals surface area contributed by atoms with E-state index in [0.717, 1.165) is 62.5 Å². The Hall–Kier alpha value is -2.66. The van der Waals surface area contributed by atoms with E-state index in [0.29, 0.717) is 25.5 Å². The van der Waals surface area contributed by atoms with Gasteiger partial charge in [0.2, 0.25) is 0 Å². The fourth-order valence-corrected chi connectivity index (χ4v) is 7.63. The summed E-state index contributed by atoms with van der Waals surface area (Å²) in [6, 6.07) is 1.91. The zero-order chi connectivity index (χ0) is 28.2. The molecule has 40 heavy (non-hydrogen) atoms. The Balaban J connectivity index is 1.38. The zero-order valence-corrected chi connectivity index (χ0v) is 23.7. The summed E-state index contributed by atoms with van der Waals surface area (Å²) in [4.78, 5) is 18.8. The van der Waals surface area contributed by atoms with Crippen molar-refractivity contribution in [1.29, 1.82) is 0 Å². The number of ether oxygens (including phenoxy) is 1. The molecule has 218 valence electrons. The molecular weight excluding hydrogens is 519 g/mol. The number of pyridine rings is 1. The molecule has 6 rings (SSSR count). The van der Waals surface area contributed by atoms with Gasteiger partial charge in [0.1, 0.15) is 18.2 Å². The first-order valence-electron chi connectivity index (χ1n) is 14.6. The predicted octanol–water partition coefficient (Wildman–Crippen LogP) is 4.10. The summed E-state index contributed by atoms with van der Waals surface area (Å²) in [5.74, 6) is 0.366. The lowest BCUT2D eigenvalue weighted by Gasteiger charge is -2.36. The standard InChI is InChI=1S/C29H40F3N7O/c1-17-12-21-22(14-20(17)25-24(29(30,31)32)18(2)13-23(33)36-25)35-27(37-26(21)38(3)19-6-9-34-15-19)40-16-28-7-4-10-39(28)11-5-8-28/h13,17,19-20,34H,4-12,14-16H2,1-3H3,(H2,33,36)/t17?,19-,20?/m1/s1. The van der Waals surface area contributed by atoms with Gasteiger partial charge in [0.05, 0.1) is 22.5 Å². The van der Waals surface area contributed by atoms with Gasteiger partial charge < -0.3 is 20.7 Å². The van der Waals surface area contributed by atoms with Crippen molar-refractivity contribution in [2.45, 2.75) is 82.5 Å². The molecule has 3 atom stereocenters. The zero-order valence-electron chi connectivity index (χ0n) is 23.7. The van der Waals surface area contributed by atoms with Gasteiger partial charge in [-0.05, 0) is 89.1 Å². The molecule has 0 radical (unpaired) electrons. The molecule has 2 aromatic rings. The number of aromatic nitrogens is 3. The molecule has 5 heterocycles. The minimum Gasteiger partial charge on any atom is -0.461 e. The number of aryl methyl sites for hydroxylation is 1. The Bertz CT molecular complexity index is 1250. The summed E-state index contributed by atoms with van der Waals surface area (Å²) in [6.07, 6.45) is 1.94. The van der Waals surface area contributed by atoms with E-state index in [-0.39, 0.29) is 34.6 Å². The normalized spacial score (nSPS) is 26.1. The molecular formula is C29H40F3N7O. The van der Waals surface area contributed by atoms with Crippen molar-refractivity contribution in [2.75, 3.05) is 50.5 Å². The third-order valence-electron chi connectivity index (χ3n) is 9.77. The smallest absolute Gasteiger partial charge is 0.418 e. The summed E-state index contributed by atoms with van der Waals surface area (Å²) >= 11 is 0. The van der Waals surface area contributed by atoms with Crippen molar-refractivity contribution in [3.8, 4) is 6.01 Å². The third-order valence-corrected chi connectivity index (χ3v) is 9.77.